The number of anilines is 2. The number of amides is 3. The van der Waals surface area contributed by atoms with Gasteiger partial charge in [-0.3, -0.25) is 14.4 Å². The number of carbonyl (C=O) groups excluding carboxylic acids is 3. The van der Waals surface area contributed by atoms with Gasteiger partial charge in [0.15, 0.2) is 17.3 Å². The van der Waals surface area contributed by atoms with E-state index in [0.717, 1.165) is 6.07 Å². The Labute approximate surface area is 197 Å². The lowest BCUT2D eigenvalue weighted by Crippen LogP contribution is -2.41. The van der Waals surface area contributed by atoms with Gasteiger partial charge >= 0.3 is 0 Å². The van der Waals surface area contributed by atoms with Crippen LogP contribution in [0, 0.1) is 11.6 Å². The lowest BCUT2D eigenvalue weighted by atomic mass is 10.2. The predicted molar refractivity (Wildman–Crippen MR) is 119 cm³/mol. The van der Waals surface area contributed by atoms with Crippen molar-refractivity contribution in [3.8, 4) is 0 Å². The molecule has 1 aliphatic rings. The zero-order valence-electron chi connectivity index (χ0n) is 17.5. The van der Waals surface area contributed by atoms with Crippen LogP contribution in [0.15, 0.2) is 42.7 Å². The highest BCUT2D eigenvalue weighted by Gasteiger charge is 2.26. The fourth-order valence-corrected chi connectivity index (χ4v) is 3.51. The zero-order chi connectivity index (χ0) is 24.2. The Balaban J connectivity index is 1.41. The van der Waals surface area contributed by atoms with E-state index in [4.69, 9.17) is 16.3 Å². The number of rotatable bonds is 5. The number of imidazole rings is 1. The minimum Gasteiger partial charge on any atom is -0.378 e. The minimum absolute atomic E-state index is 0.0538. The number of halogens is 3. The number of aromatic amines is 1. The third-order valence-corrected chi connectivity index (χ3v) is 5.33. The second-order valence-electron chi connectivity index (χ2n) is 7.26. The van der Waals surface area contributed by atoms with Crippen molar-refractivity contribution in [2.45, 2.75) is 0 Å². The number of hydrogen-bond donors (Lipinski definition) is 3. The van der Waals surface area contributed by atoms with Crippen LogP contribution < -0.4 is 10.6 Å². The lowest BCUT2D eigenvalue weighted by molar-refractivity contribution is 0.0298. The van der Waals surface area contributed by atoms with Crippen LogP contribution in [0.3, 0.4) is 0 Å². The van der Waals surface area contributed by atoms with Crippen LogP contribution in [0.2, 0.25) is 5.02 Å². The Bertz CT molecular complexity index is 1240. The molecule has 3 aromatic rings. The number of H-pyrrole nitrogens is 1. The van der Waals surface area contributed by atoms with Crippen molar-refractivity contribution in [2.24, 2.45) is 0 Å². The summed E-state index contributed by atoms with van der Waals surface area (Å²) < 4.78 is 31.9. The number of nitrogens with one attached hydrogen (secondary N) is 3. The van der Waals surface area contributed by atoms with Gasteiger partial charge in [0.1, 0.15) is 5.69 Å². The van der Waals surface area contributed by atoms with Crippen molar-refractivity contribution < 1.29 is 27.9 Å². The summed E-state index contributed by atoms with van der Waals surface area (Å²) in [5.74, 6) is -4.03. The molecule has 0 unspecified atom stereocenters. The summed E-state index contributed by atoms with van der Waals surface area (Å²) in [5, 5.41) is 4.91. The van der Waals surface area contributed by atoms with Gasteiger partial charge in [-0.25, -0.2) is 13.8 Å². The SMILES string of the molecule is O=C(Nc1ccc(NC(=O)c2nc[nH]c2C(=O)N2CCOCC2)cc1)c1cc(F)c(F)cc1Cl. The largest absolute Gasteiger partial charge is 0.378 e. The number of benzene rings is 2. The molecule has 3 N–H and O–H groups in total. The molecule has 176 valence electrons. The Kier molecular flexibility index (Phi) is 6.85. The van der Waals surface area contributed by atoms with Crippen molar-refractivity contribution in [3.05, 3.63) is 76.3 Å². The van der Waals surface area contributed by atoms with E-state index in [9.17, 15) is 23.2 Å². The van der Waals surface area contributed by atoms with Crippen molar-refractivity contribution in [1.82, 2.24) is 14.9 Å². The van der Waals surface area contributed by atoms with Gasteiger partial charge in [0.05, 0.1) is 30.1 Å². The molecule has 4 rings (SSSR count). The molecule has 1 saturated heterocycles. The quantitative estimate of drug-likeness (QED) is 0.475. The van der Waals surface area contributed by atoms with Crippen LogP contribution in [0.4, 0.5) is 20.2 Å². The average molecular weight is 490 g/mol. The smallest absolute Gasteiger partial charge is 0.276 e. The predicted octanol–water partition coefficient (Wildman–Crippen LogP) is 3.32. The van der Waals surface area contributed by atoms with Gasteiger partial charge in [0.2, 0.25) is 0 Å². The van der Waals surface area contributed by atoms with Gasteiger partial charge in [0.25, 0.3) is 17.7 Å². The Morgan fingerprint density at radius 2 is 1.56 bits per heavy atom. The molecule has 1 aromatic heterocycles. The third kappa shape index (κ3) is 5.05. The van der Waals surface area contributed by atoms with E-state index in [1.165, 1.54) is 30.6 Å². The molecule has 1 fully saturated rings. The van der Waals surface area contributed by atoms with E-state index in [-0.39, 0.29) is 27.9 Å². The van der Waals surface area contributed by atoms with Gasteiger partial charge in [-0.1, -0.05) is 11.6 Å². The van der Waals surface area contributed by atoms with Crippen LogP contribution in [-0.4, -0.2) is 58.9 Å². The van der Waals surface area contributed by atoms with Crippen LogP contribution >= 0.6 is 11.6 Å². The molecule has 0 atom stereocenters. The van der Waals surface area contributed by atoms with Crippen molar-refractivity contribution in [3.63, 3.8) is 0 Å². The number of carbonyl (C=O) groups is 3. The van der Waals surface area contributed by atoms with Gasteiger partial charge in [-0.05, 0) is 36.4 Å². The maximum absolute atomic E-state index is 13.4. The zero-order valence-corrected chi connectivity index (χ0v) is 18.3. The van der Waals surface area contributed by atoms with Gasteiger partial charge in [0, 0.05) is 24.5 Å². The molecular formula is C22H18ClF2N5O4. The third-order valence-electron chi connectivity index (χ3n) is 5.02. The van der Waals surface area contributed by atoms with Crippen LogP contribution in [0.1, 0.15) is 31.3 Å². The molecule has 2 aromatic carbocycles. The summed E-state index contributed by atoms with van der Waals surface area (Å²) in [6.07, 6.45) is 1.27. The molecule has 1 aliphatic heterocycles. The first-order valence-electron chi connectivity index (χ1n) is 10.1. The first-order valence-corrected chi connectivity index (χ1v) is 10.5. The Morgan fingerprint density at radius 3 is 2.21 bits per heavy atom. The molecule has 0 aliphatic carbocycles. The number of nitrogens with zero attached hydrogens (tertiary/aromatic N) is 2. The van der Waals surface area contributed by atoms with E-state index in [1.807, 2.05) is 0 Å². The van der Waals surface area contributed by atoms with E-state index in [1.54, 1.807) is 4.90 Å². The highest BCUT2D eigenvalue weighted by molar-refractivity contribution is 6.34. The number of hydrogen-bond acceptors (Lipinski definition) is 5. The summed E-state index contributed by atoms with van der Waals surface area (Å²) in [4.78, 5) is 46.0. The fourth-order valence-electron chi connectivity index (χ4n) is 3.28. The van der Waals surface area contributed by atoms with Crippen LogP contribution in [-0.2, 0) is 4.74 Å². The number of ether oxygens (including phenoxy) is 1. The molecular weight excluding hydrogens is 472 g/mol. The van der Waals surface area contributed by atoms with Crippen molar-refractivity contribution in [1.29, 1.82) is 0 Å². The molecule has 0 spiro atoms. The first-order chi connectivity index (χ1) is 16.3. The molecule has 0 bridgehead atoms. The molecule has 2 heterocycles. The molecule has 12 heteroatoms. The second-order valence-corrected chi connectivity index (χ2v) is 7.67. The molecule has 34 heavy (non-hydrogen) atoms. The molecule has 0 radical (unpaired) electrons. The highest BCUT2D eigenvalue weighted by atomic mass is 35.5. The van der Waals surface area contributed by atoms with Gasteiger partial charge < -0.3 is 25.3 Å². The van der Waals surface area contributed by atoms with Gasteiger partial charge in [-0.2, -0.15) is 0 Å². The summed E-state index contributed by atoms with van der Waals surface area (Å²) in [6, 6.07) is 7.43. The molecule has 3 amide bonds. The van der Waals surface area contributed by atoms with E-state index < -0.39 is 23.4 Å². The number of morpholine rings is 1. The summed E-state index contributed by atoms with van der Waals surface area (Å²) in [5.41, 5.74) is 0.496. The van der Waals surface area contributed by atoms with Crippen LogP contribution in [0.25, 0.3) is 0 Å². The van der Waals surface area contributed by atoms with E-state index in [0.29, 0.717) is 43.7 Å². The summed E-state index contributed by atoms with van der Waals surface area (Å²) in [7, 11) is 0. The number of aromatic nitrogens is 2. The lowest BCUT2D eigenvalue weighted by Gasteiger charge is -2.26. The first kappa shape index (κ1) is 23.3. The Morgan fingerprint density at radius 1 is 0.971 bits per heavy atom. The summed E-state index contributed by atoms with van der Waals surface area (Å²) in [6.45, 7) is 1.68. The maximum Gasteiger partial charge on any atom is 0.276 e. The van der Waals surface area contributed by atoms with Crippen molar-refractivity contribution >= 4 is 40.7 Å². The topological polar surface area (TPSA) is 116 Å². The minimum atomic E-state index is -1.20. The summed E-state index contributed by atoms with van der Waals surface area (Å²) >= 11 is 5.82. The standard InChI is InChI=1S/C22H18ClF2N5O4/c23-15-10-17(25)16(24)9-14(15)20(31)28-12-1-3-13(4-2-12)29-21(32)18-19(27-11-26-18)22(33)30-5-7-34-8-6-30/h1-4,9-11H,5-8H2,(H,26,27)(H,28,31)(H,29,32). The normalized spacial score (nSPS) is 13.4. The average Bonchev–Trinajstić information content (AvgIpc) is 3.33. The van der Waals surface area contributed by atoms with Gasteiger partial charge in [-0.15, -0.1) is 0 Å². The van der Waals surface area contributed by atoms with Crippen molar-refractivity contribution in [2.75, 3.05) is 36.9 Å². The Hall–Kier alpha value is -3.83. The van der Waals surface area contributed by atoms with E-state index >= 15 is 0 Å². The molecule has 9 nitrogen and oxygen atoms in total. The van der Waals surface area contributed by atoms with Crippen LogP contribution in [0.5, 0.6) is 0 Å². The fraction of sp³-hybridized carbons (Fsp3) is 0.182. The monoisotopic (exact) mass is 489 g/mol. The second kappa shape index (κ2) is 9.98. The molecule has 0 saturated carbocycles. The highest BCUT2D eigenvalue weighted by Crippen LogP contribution is 2.22. The van der Waals surface area contributed by atoms with E-state index in [2.05, 4.69) is 20.6 Å². The maximum atomic E-state index is 13.4.